The Balaban J connectivity index is 4.28. The fraction of sp³-hybridized carbons (Fsp3) is 0.951. The fourth-order valence-corrected chi connectivity index (χ4v) is 9.42. The maximum absolute atomic E-state index is 12.9. The fourth-order valence-electron chi connectivity index (χ4n) is 9.42. The van der Waals surface area contributed by atoms with Crippen LogP contribution >= 0.6 is 0 Å². The van der Waals surface area contributed by atoms with Gasteiger partial charge >= 0.3 is 17.9 Å². The summed E-state index contributed by atoms with van der Waals surface area (Å²) >= 11 is 0. The van der Waals surface area contributed by atoms with E-state index in [4.69, 9.17) is 14.2 Å². The molecule has 0 amide bonds. The Morgan fingerprint density at radius 1 is 0.299 bits per heavy atom. The average Bonchev–Trinajstić information content (AvgIpc) is 3.33. The van der Waals surface area contributed by atoms with Crippen LogP contribution in [0, 0.1) is 5.92 Å². The summed E-state index contributed by atoms with van der Waals surface area (Å²) in [5.41, 5.74) is 0. The van der Waals surface area contributed by atoms with E-state index in [-0.39, 0.29) is 31.1 Å². The number of ether oxygens (including phenoxy) is 3. The molecular weight excluding hydrogens is 829 g/mol. The van der Waals surface area contributed by atoms with Crippen molar-refractivity contribution < 1.29 is 28.6 Å². The number of hydrogen-bond donors (Lipinski definition) is 0. The highest BCUT2D eigenvalue weighted by molar-refractivity contribution is 5.71. The molecule has 2 atom stereocenters. The minimum Gasteiger partial charge on any atom is -0.462 e. The molecule has 0 spiro atoms. The van der Waals surface area contributed by atoms with Crippen molar-refractivity contribution in [1.29, 1.82) is 0 Å². The Kier molecular flexibility index (Phi) is 54.0. The molecule has 398 valence electrons. The first kappa shape index (κ1) is 65.4. The second kappa shape index (κ2) is 55.3. The van der Waals surface area contributed by atoms with E-state index in [1.54, 1.807) is 0 Å². The molecular formula is C61H118O6. The van der Waals surface area contributed by atoms with E-state index < -0.39 is 6.10 Å². The molecule has 0 aliphatic carbocycles. The Hall–Kier alpha value is -1.59. The van der Waals surface area contributed by atoms with Gasteiger partial charge in [-0.2, -0.15) is 0 Å². The van der Waals surface area contributed by atoms with Crippen LogP contribution in [0.25, 0.3) is 0 Å². The van der Waals surface area contributed by atoms with E-state index in [1.165, 1.54) is 244 Å². The van der Waals surface area contributed by atoms with Crippen LogP contribution < -0.4 is 0 Å². The summed E-state index contributed by atoms with van der Waals surface area (Å²) in [7, 11) is 0. The van der Waals surface area contributed by atoms with E-state index in [1.807, 2.05) is 0 Å². The molecule has 0 fully saturated rings. The van der Waals surface area contributed by atoms with Gasteiger partial charge in [0.05, 0.1) is 0 Å². The van der Waals surface area contributed by atoms with Gasteiger partial charge in [-0.15, -0.1) is 0 Å². The summed E-state index contributed by atoms with van der Waals surface area (Å²) in [5, 5.41) is 0. The Morgan fingerprint density at radius 2 is 0.522 bits per heavy atom. The summed E-state index contributed by atoms with van der Waals surface area (Å²) in [5.74, 6) is 0.0628. The van der Waals surface area contributed by atoms with E-state index in [2.05, 4.69) is 27.7 Å². The molecule has 0 aliphatic rings. The van der Waals surface area contributed by atoms with Crippen LogP contribution in [-0.2, 0) is 28.6 Å². The molecule has 67 heavy (non-hydrogen) atoms. The van der Waals surface area contributed by atoms with Crippen molar-refractivity contribution in [2.45, 2.75) is 355 Å². The second-order valence-electron chi connectivity index (χ2n) is 21.2. The number of hydrogen-bond acceptors (Lipinski definition) is 6. The van der Waals surface area contributed by atoms with E-state index in [0.717, 1.165) is 63.7 Å². The van der Waals surface area contributed by atoms with E-state index >= 15 is 0 Å². The second-order valence-corrected chi connectivity index (χ2v) is 21.2. The molecule has 0 saturated carbocycles. The number of esters is 3. The number of rotatable bonds is 56. The molecule has 0 aliphatic heterocycles. The maximum atomic E-state index is 12.9. The molecule has 1 unspecified atom stereocenters. The van der Waals surface area contributed by atoms with E-state index in [0.29, 0.717) is 19.3 Å². The first-order valence-electron chi connectivity index (χ1n) is 30.4. The van der Waals surface area contributed by atoms with Gasteiger partial charge in [-0.1, -0.05) is 310 Å². The molecule has 0 saturated heterocycles. The van der Waals surface area contributed by atoms with Crippen LogP contribution in [0.5, 0.6) is 0 Å². The predicted octanol–water partition coefficient (Wildman–Crippen LogP) is 20.2. The lowest BCUT2D eigenvalue weighted by atomic mass is 9.99. The van der Waals surface area contributed by atoms with Gasteiger partial charge < -0.3 is 14.2 Å². The maximum Gasteiger partial charge on any atom is 0.306 e. The molecule has 0 N–H and O–H groups in total. The van der Waals surface area contributed by atoms with E-state index in [9.17, 15) is 14.4 Å². The third-order valence-corrected chi connectivity index (χ3v) is 14.4. The van der Waals surface area contributed by atoms with Gasteiger partial charge in [-0.05, 0) is 25.2 Å². The third-order valence-electron chi connectivity index (χ3n) is 14.4. The minimum absolute atomic E-state index is 0.0615. The van der Waals surface area contributed by atoms with Crippen LogP contribution in [0.1, 0.15) is 349 Å². The highest BCUT2D eigenvalue weighted by Crippen LogP contribution is 2.19. The molecule has 6 nitrogen and oxygen atoms in total. The van der Waals surface area contributed by atoms with Gasteiger partial charge in [-0.25, -0.2) is 0 Å². The Bertz CT molecular complexity index is 1010. The van der Waals surface area contributed by atoms with Crippen molar-refractivity contribution in [1.82, 2.24) is 0 Å². The van der Waals surface area contributed by atoms with Crippen LogP contribution in [0.3, 0.4) is 0 Å². The van der Waals surface area contributed by atoms with Crippen molar-refractivity contribution in [3.63, 3.8) is 0 Å². The molecule has 0 rings (SSSR count). The van der Waals surface area contributed by atoms with Gasteiger partial charge in [0.1, 0.15) is 13.2 Å². The topological polar surface area (TPSA) is 78.9 Å². The number of carbonyl (C=O) groups excluding carboxylic acids is 3. The Morgan fingerprint density at radius 3 is 0.776 bits per heavy atom. The summed E-state index contributed by atoms with van der Waals surface area (Å²) in [4.78, 5) is 38.2. The van der Waals surface area contributed by atoms with Crippen LogP contribution in [0.4, 0.5) is 0 Å². The van der Waals surface area contributed by atoms with Crippen molar-refractivity contribution in [3.8, 4) is 0 Å². The molecule has 0 radical (unpaired) electrons. The molecule has 0 aromatic carbocycles. The first-order chi connectivity index (χ1) is 32.9. The highest BCUT2D eigenvalue weighted by Gasteiger charge is 2.19. The summed E-state index contributed by atoms with van der Waals surface area (Å²) in [6, 6.07) is 0. The molecule has 0 aromatic rings. The zero-order valence-electron chi connectivity index (χ0n) is 45.9. The standard InChI is InChI=1S/C61H118O6/c1-5-8-10-12-14-16-18-20-21-22-23-24-29-33-37-41-45-49-53-60(63)66-56-58(55-65-59(62)52-48-44-40-36-32-27-19-17-15-13-11-9-6-2)67-61(64)54-50-46-42-38-34-30-26-25-28-31-35-39-43-47-51-57(4)7-3/h57-58H,5-56H2,1-4H3/t57?,58-/m1/s1. The first-order valence-corrected chi connectivity index (χ1v) is 30.4. The lowest BCUT2D eigenvalue weighted by Crippen LogP contribution is -2.30. The zero-order chi connectivity index (χ0) is 48.8. The molecule has 0 heterocycles. The third kappa shape index (κ3) is 53.6. The molecule has 0 aromatic heterocycles. The van der Waals surface area contributed by atoms with Crippen molar-refractivity contribution in [3.05, 3.63) is 0 Å². The van der Waals surface area contributed by atoms with Crippen LogP contribution in [0.2, 0.25) is 0 Å². The van der Waals surface area contributed by atoms with Gasteiger partial charge in [0.2, 0.25) is 0 Å². The largest absolute Gasteiger partial charge is 0.462 e. The van der Waals surface area contributed by atoms with Crippen LogP contribution in [0.15, 0.2) is 0 Å². The summed E-state index contributed by atoms with van der Waals surface area (Å²) in [6.07, 6.45) is 60.9. The number of unbranched alkanes of at least 4 members (excludes halogenated alkanes) is 42. The molecule has 0 bridgehead atoms. The predicted molar refractivity (Wildman–Crippen MR) is 289 cm³/mol. The zero-order valence-corrected chi connectivity index (χ0v) is 45.9. The quantitative estimate of drug-likeness (QED) is 0.0343. The van der Waals surface area contributed by atoms with Crippen LogP contribution in [-0.4, -0.2) is 37.2 Å². The number of carbonyl (C=O) groups is 3. The monoisotopic (exact) mass is 947 g/mol. The van der Waals surface area contributed by atoms with Gasteiger partial charge in [-0.3, -0.25) is 14.4 Å². The summed E-state index contributed by atoms with van der Waals surface area (Å²) < 4.78 is 16.9. The lowest BCUT2D eigenvalue weighted by Gasteiger charge is -2.18. The van der Waals surface area contributed by atoms with Gasteiger partial charge in [0, 0.05) is 19.3 Å². The Labute approximate surface area is 418 Å². The van der Waals surface area contributed by atoms with Crippen molar-refractivity contribution in [2.75, 3.05) is 13.2 Å². The summed E-state index contributed by atoms with van der Waals surface area (Å²) in [6.45, 7) is 9.11. The molecule has 6 heteroatoms. The van der Waals surface area contributed by atoms with Gasteiger partial charge in [0.15, 0.2) is 6.10 Å². The smallest absolute Gasteiger partial charge is 0.306 e. The minimum atomic E-state index is -0.762. The van der Waals surface area contributed by atoms with Gasteiger partial charge in [0.25, 0.3) is 0 Å². The van der Waals surface area contributed by atoms with Crippen molar-refractivity contribution in [2.24, 2.45) is 5.92 Å². The highest BCUT2D eigenvalue weighted by atomic mass is 16.6. The average molecular weight is 948 g/mol. The normalized spacial score (nSPS) is 12.4. The lowest BCUT2D eigenvalue weighted by molar-refractivity contribution is -0.167. The van der Waals surface area contributed by atoms with Crippen molar-refractivity contribution >= 4 is 17.9 Å². The SMILES string of the molecule is CCCCCCCCCCCCCCCCCCCCC(=O)OC[C@@H](COC(=O)CCCCCCCCCCCCCCC)OC(=O)CCCCCCCCCCCCCCCCC(C)CC.